The number of hydrogen-bond acceptors (Lipinski definition) is 2. The molecular formula is C31H21IrN3S. The van der Waals surface area contributed by atoms with Crippen LogP contribution in [-0.2, 0) is 20.1 Å². The normalized spacial score (nSPS) is 11.7. The number of fused-ring (bicyclic) bond motifs is 4. The average molecular weight is 660 g/mol. The standard InChI is InChI=1S/C20H13N2S.C11H8N.Ir/c1-21-13-22(17-10-4-3-9-16(17)21)18-11-6-8-15-14-7-2-5-12-19(14)23-20(15)18;1-2-6-10(7-3-1)11-8-4-5-9-12-11;/h2-10,12H,1H3;1-6,8-9H;/q+1;-1;. The Morgan fingerprint density at radius 1 is 0.750 bits per heavy atom. The molecule has 0 unspecified atom stereocenters. The van der Waals surface area contributed by atoms with Gasteiger partial charge in [0.25, 0.3) is 11.4 Å². The van der Waals surface area contributed by atoms with Crippen LogP contribution >= 0.6 is 11.3 Å². The smallest absolute Gasteiger partial charge is 0.305 e. The van der Waals surface area contributed by atoms with Gasteiger partial charge >= 0.3 is 6.01 Å². The quantitative estimate of drug-likeness (QED) is 0.138. The van der Waals surface area contributed by atoms with E-state index in [-0.39, 0.29) is 20.1 Å². The fourth-order valence-corrected chi connectivity index (χ4v) is 5.47. The van der Waals surface area contributed by atoms with Gasteiger partial charge in [0, 0.05) is 43.1 Å². The van der Waals surface area contributed by atoms with Gasteiger partial charge in [0.2, 0.25) is 0 Å². The molecule has 0 spiro atoms. The van der Waals surface area contributed by atoms with Crippen LogP contribution in [0.3, 0.4) is 0 Å². The van der Waals surface area contributed by atoms with Crippen molar-refractivity contribution >= 4 is 54.6 Å². The molecule has 175 valence electrons. The van der Waals surface area contributed by atoms with Crippen molar-refractivity contribution in [2.75, 3.05) is 7.05 Å². The SMILES string of the molecule is C[N+]1=C=[N+](c2[c-]ccc3c2sc2ccccc23)c2ccccc21.[Ir].[c-]1ccccc1-c1ccccn1. The molecule has 3 nitrogen and oxygen atoms in total. The molecule has 0 bridgehead atoms. The zero-order chi connectivity index (χ0) is 23.6. The Kier molecular flexibility index (Phi) is 6.99. The Hall–Kier alpha value is -3.72. The van der Waals surface area contributed by atoms with Crippen LogP contribution in [0.15, 0.2) is 109 Å². The van der Waals surface area contributed by atoms with Gasteiger partial charge in [0.05, 0.1) is 0 Å². The van der Waals surface area contributed by atoms with E-state index in [4.69, 9.17) is 0 Å². The van der Waals surface area contributed by atoms with Crippen molar-refractivity contribution < 1.29 is 24.7 Å². The molecule has 0 fully saturated rings. The van der Waals surface area contributed by atoms with Gasteiger partial charge in [-0.3, -0.25) is 0 Å². The van der Waals surface area contributed by atoms with Gasteiger partial charge in [-0.05, 0) is 27.9 Å². The van der Waals surface area contributed by atoms with Gasteiger partial charge in [-0.25, -0.2) is 0 Å². The van der Waals surface area contributed by atoms with E-state index in [1.165, 1.54) is 25.9 Å². The van der Waals surface area contributed by atoms with Gasteiger partial charge in [0.1, 0.15) is 5.69 Å². The van der Waals surface area contributed by atoms with E-state index in [0.29, 0.717) is 0 Å². The van der Waals surface area contributed by atoms with E-state index >= 15 is 0 Å². The van der Waals surface area contributed by atoms with E-state index in [0.717, 1.165) is 22.6 Å². The summed E-state index contributed by atoms with van der Waals surface area (Å²) in [5.74, 6) is 0. The van der Waals surface area contributed by atoms with E-state index in [1.54, 1.807) is 6.20 Å². The number of aromatic nitrogens is 1. The van der Waals surface area contributed by atoms with E-state index in [1.807, 2.05) is 71.5 Å². The van der Waals surface area contributed by atoms with E-state index < -0.39 is 0 Å². The molecular weight excluding hydrogens is 639 g/mol. The molecule has 0 N–H and O–H groups in total. The molecule has 1 aliphatic rings. The van der Waals surface area contributed by atoms with Crippen molar-refractivity contribution in [3.8, 4) is 11.3 Å². The summed E-state index contributed by atoms with van der Waals surface area (Å²) in [6.45, 7) is 0. The van der Waals surface area contributed by atoms with Gasteiger partial charge in [-0.15, -0.1) is 47.3 Å². The predicted molar refractivity (Wildman–Crippen MR) is 145 cm³/mol. The van der Waals surface area contributed by atoms with Gasteiger partial charge < -0.3 is 4.98 Å². The maximum atomic E-state index is 4.22. The maximum Gasteiger partial charge on any atom is 0.494 e. The zero-order valence-electron chi connectivity index (χ0n) is 19.5. The maximum absolute atomic E-state index is 4.22. The van der Waals surface area contributed by atoms with Crippen molar-refractivity contribution in [2.45, 2.75) is 0 Å². The fourth-order valence-electron chi connectivity index (χ4n) is 4.28. The number of thiophene rings is 1. The molecule has 0 aliphatic carbocycles. The number of rotatable bonds is 2. The monoisotopic (exact) mass is 660 g/mol. The fraction of sp³-hybridized carbons (Fsp3) is 0.0323. The third-order valence-corrected chi connectivity index (χ3v) is 7.12. The number of hydrogen-bond donors (Lipinski definition) is 0. The van der Waals surface area contributed by atoms with Crippen molar-refractivity contribution in [3.05, 3.63) is 121 Å². The van der Waals surface area contributed by atoms with Crippen molar-refractivity contribution in [1.29, 1.82) is 0 Å². The van der Waals surface area contributed by atoms with Crippen LogP contribution in [0.4, 0.5) is 17.1 Å². The molecule has 0 atom stereocenters. The molecule has 1 radical (unpaired) electrons. The van der Waals surface area contributed by atoms with Crippen LogP contribution in [0, 0.1) is 12.1 Å². The summed E-state index contributed by atoms with van der Waals surface area (Å²) in [5.41, 5.74) is 5.40. The Morgan fingerprint density at radius 2 is 1.53 bits per heavy atom. The molecule has 0 saturated carbocycles. The predicted octanol–water partition coefficient (Wildman–Crippen LogP) is 7.70. The third-order valence-electron chi connectivity index (χ3n) is 5.93. The summed E-state index contributed by atoms with van der Waals surface area (Å²) in [4.78, 5) is 4.22. The summed E-state index contributed by atoms with van der Waals surface area (Å²) in [6, 6.07) is 44.8. The molecule has 2 aromatic heterocycles. The summed E-state index contributed by atoms with van der Waals surface area (Å²) >= 11 is 1.82. The molecule has 4 aromatic carbocycles. The largest absolute Gasteiger partial charge is 0.494 e. The van der Waals surface area contributed by atoms with Crippen LogP contribution in [-0.4, -0.2) is 22.6 Å². The Balaban J connectivity index is 0.000000175. The van der Waals surface area contributed by atoms with Crippen molar-refractivity contribution in [3.63, 3.8) is 0 Å². The van der Waals surface area contributed by atoms with Crippen LogP contribution in [0.25, 0.3) is 31.4 Å². The van der Waals surface area contributed by atoms with Crippen LogP contribution in [0.2, 0.25) is 0 Å². The molecule has 6 aromatic rings. The number of para-hydroxylation sites is 2. The summed E-state index contributed by atoms with van der Waals surface area (Å²) in [7, 11) is 2.03. The third kappa shape index (κ3) is 4.46. The second-order valence-electron chi connectivity index (χ2n) is 8.14. The average Bonchev–Trinajstić information content (AvgIpc) is 3.48. The first-order valence-electron chi connectivity index (χ1n) is 11.4. The van der Waals surface area contributed by atoms with Crippen LogP contribution in [0.5, 0.6) is 0 Å². The summed E-state index contributed by atoms with van der Waals surface area (Å²) in [6.07, 6.45) is 1.79. The second-order valence-corrected chi connectivity index (χ2v) is 9.19. The minimum Gasteiger partial charge on any atom is -0.305 e. The topological polar surface area (TPSA) is 18.9 Å². The first kappa shape index (κ1) is 24.0. The molecule has 0 saturated heterocycles. The molecule has 7 rings (SSSR count). The zero-order valence-corrected chi connectivity index (χ0v) is 22.7. The Bertz CT molecular complexity index is 1700. The molecule has 3 heterocycles. The van der Waals surface area contributed by atoms with Gasteiger partial charge in [-0.2, -0.15) is 23.5 Å². The minimum absolute atomic E-state index is 0. The Morgan fingerprint density at radius 3 is 2.33 bits per heavy atom. The van der Waals surface area contributed by atoms with E-state index in [2.05, 4.69) is 82.3 Å². The first-order chi connectivity index (χ1) is 17.3. The van der Waals surface area contributed by atoms with Gasteiger partial charge in [-0.1, -0.05) is 51.6 Å². The van der Waals surface area contributed by atoms with Crippen LogP contribution < -0.4 is 4.58 Å². The van der Waals surface area contributed by atoms with Gasteiger partial charge in [0.15, 0.2) is 7.05 Å². The Labute approximate surface area is 227 Å². The molecule has 36 heavy (non-hydrogen) atoms. The molecule has 1 aliphatic heterocycles. The number of benzene rings is 4. The first-order valence-corrected chi connectivity index (χ1v) is 12.2. The number of nitrogens with zero attached hydrogens (tertiary/aromatic N) is 3. The second kappa shape index (κ2) is 10.5. The minimum atomic E-state index is 0. The molecule has 0 amide bonds. The van der Waals surface area contributed by atoms with Crippen LogP contribution in [0.1, 0.15) is 0 Å². The number of pyridine rings is 1. The summed E-state index contributed by atoms with van der Waals surface area (Å²) in [5, 5.41) is 2.59. The van der Waals surface area contributed by atoms with Crippen molar-refractivity contribution in [2.24, 2.45) is 0 Å². The summed E-state index contributed by atoms with van der Waals surface area (Å²) < 4.78 is 6.72. The molecule has 5 heteroatoms. The van der Waals surface area contributed by atoms with Crippen molar-refractivity contribution in [1.82, 2.24) is 9.56 Å². The van der Waals surface area contributed by atoms with E-state index in [9.17, 15) is 0 Å².